The zero-order chi connectivity index (χ0) is 12.8. The van der Waals surface area contributed by atoms with Crippen LogP contribution in [-0.4, -0.2) is 30.3 Å². The van der Waals surface area contributed by atoms with Crippen molar-refractivity contribution in [2.24, 2.45) is 0 Å². The minimum atomic E-state index is -1.25. The molecule has 0 spiro atoms. The Bertz CT molecular complexity index is 422. The van der Waals surface area contributed by atoms with Gasteiger partial charge in [-0.1, -0.05) is 18.2 Å². The lowest BCUT2D eigenvalue weighted by molar-refractivity contribution is -0.139. The molecule has 0 fully saturated rings. The van der Waals surface area contributed by atoms with Crippen LogP contribution in [0.4, 0.5) is 9.18 Å². The SMILES string of the molecule is COC(=O)N[C@@H](Cc1ccccc1F)C(=O)O. The molecule has 92 valence electrons. The number of amides is 1. The normalized spacial score (nSPS) is 11.6. The van der Waals surface area contributed by atoms with Gasteiger partial charge in [0.05, 0.1) is 7.11 Å². The second-order valence-electron chi connectivity index (χ2n) is 3.32. The van der Waals surface area contributed by atoms with E-state index in [0.717, 1.165) is 7.11 Å². The molecule has 0 saturated heterocycles. The molecular formula is C11H12FNO4. The summed E-state index contributed by atoms with van der Waals surface area (Å²) in [5, 5.41) is 11.0. The molecule has 0 aromatic heterocycles. The van der Waals surface area contributed by atoms with Crippen molar-refractivity contribution in [1.82, 2.24) is 5.32 Å². The van der Waals surface area contributed by atoms with Gasteiger partial charge in [0, 0.05) is 6.42 Å². The number of rotatable bonds is 4. The van der Waals surface area contributed by atoms with Crippen molar-refractivity contribution in [1.29, 1.82) is 0 Å². The number of hydrogen-bond donors (Lipinski definition) is 2. The van der Waals surface area contributed by atoms with E-state index in [4.69, 9.17) is 5.11 Å². The Balaban J connectivity index is 2.77. The summed E-state index contributed by atoms with van der Waals surface area (Å²) in [6.45, 7) is 0. The minimum absolute atomic E-state index is 0.142. The zero-order valence-electron chi connectivity index (χ0n) is 9.14. The molecule has 17 heavy (non-hydrogen) atoms. The molecule has 0 aliphatic rings. The first-order valence-corrected chi connectivity index (χ1v) is 4.85. The molecule has 1 aromatic rings. The Kier molecular flexibility index (Phi) is 4.45. The van der Waals surface area contributed by atoms with Gasteiger partial charge in [-0.3, -0.25) is 0 Å². The Morgan fingerprint density at radius 1 is 1.47 bits per heavy atom. The predicted octanol–water partition coefficient (Wildman–Crippen LogP) is 1.18. The molecule has 5 nitrogen and oxygen atoms in total. The molecule has 1 aromatic carbocycles. The van der Waals surface area contributed by atoms with Crippen LogP contribution in [0.3, 0.4) is 0 Å². The lowest BCUT2D eigenvalue weighted by Crippen LogP contribution is -2.42. The van der Waals surface area contributed by atoms with E-state index in [0.29, 0.717) is 0 Å². The molecule has 1 atom stereocenters. The highest BCUT2D eigenvalue weighted by Gasteiger charge is 2.21. The largest absolute Gasteiger partial charge is 0.480 e. The van der Waals surface area contributed by atoms with Gasteiger partial charge in [0.1, 0.15) is 11.9 Å². The highest BCUT2D eigenvalue weighted by molar-refractivity contribution is 5.80. The quantitative estimate of drug-likeness (QED) is 0.829. The molecular weight excluding hydrogens is 229 g/mol. The number of halogens is 1. The fraction of sp³-hybridized carbons (Fsp3) is 0.273. The van der Waals surface area contributed by atoms with E-state index < -0.39 is 23.9 Å². The van der Waals surface area contributed by atoms with Gasteiger partial charge >= 0.3 is 12.1 Å². The topological polar surface area (TPSA) is 75.6 Å². The summed E-state index contributed by atoms with van der Waals surface area (Å²) in [6.07, 6.45) is -1.01. The number of carboxylic acid groups (broad SMARTS) is 1. The highest BCUT2D eigenvalue weighted by Crippen LogP contribution is 2.09. The van der Waals surface area contributed by atoms with Crippen molar-refractivity contribution in [3.63, 3.8) is 0 Å². The summed E-state index contributed by atoms with van der Waals surface area (Å²) in [5.41, 5.74) is 0.219. The molecule has 6 heteroatoms. The Morgan fingerprint density at radius 3 is 2.65 bits per heavy atom. The molecule has 1 rings (SSSR count). The Labute approximate surface area is 97.2 Å². The van der Waals surface area contributed by atoms with E-state index in [1.807, 2.05) is 0 Å². The van der Waals surface area contributed by atoms with E-state index >= 15 is 0 Å². The average Bonchev–Trinajstić information content (AvgIpc) is 2.30. The second-order valence-corrected chi connectivity index (χ2v) is 3.32. The lowest BCUT2D eigenvalue weighted by atomic mass is 10.1. The fourth-order valence-electron chi connectivity index (χ4n) is 1.29. The number of methoxy groups -OCH3 is 1. The zero-order valence-corrected chi connectivity index (χ0v) is 9.14. The number of ether oxygens (including phenoxy) is 1. The maximum atomic E-state index is 13.3. The molecule has 0 bridgehead atoms. The summed E-state index contributed by atoms with van der Waals surface area (Å²) in [7, 11) is 1.12. The van der Waals surface area contributed by atoms with Crippen LogP contribution < -0.4 is 5.32 Å². The number of carboxylic acids is 1. The van der Waals surface area contributed by atoms with Crippen LogP contribution in [-0.2, 0) is 16.0 Å². The predicted molar refractivity (Wildman–Crippen MR) is 57.1 cm³/mol. The second kappa shape index (κ2) is 5.83. The maximum Gasteiger partial charge on any atom is 0.407 e. The first-order valence-electron chi connectivity index (χ1n) is 4.85. The van der Waals surface area contributed by atoms with E-state index in [9.17, 15) is 14.0 Å². The summed E-state index contributed by atoms with van der Waals surface area (Å²) in [5.74, 6) is -1.76. The Morgan fingerprint density at radius 2 is 2.12 bits per heavy atom. The van der Waals surface area contributed by atoms with Crippen LogP contribution in [0.1, 0.15) is 5.56 Å². The fourth-order valence-corrected chi connectivity index (χ4v) is 1.29. The van der Waals surface area contributed by atoms with Gasteiger partial charge < -0.3 is 15.2 Å². The van der Waals surface area contributed by atoms with Gasteiger partial charge in [-0.2, -0.15) is 0 Å². The number of alkyl carbamates (subject to hydrolysis) is 1. The standard InChI is InChI=1S/C11H12FNO4/c1-17-11(16)13-9(10(14)15)6-7-4-2-3-5-8(7)12/h2-5,9H,6H2,1H3,(H,13,16)(H,14,15)/t9-/m0/s1. The van der Waals surface area contributed by atoms with Gasteiger partial charge in [-0.05, 0) is 11.6 Å². The monoisotopic (exact) mass is 241 g/mol. The molecule has 0 radical (unpaired) electrons. The van der Waals surface area contributed by atoms with Crippen LogP contribution >= 0.6 is 0 Å². The lowest BCUT2D eigenvalue weighted by Gasteiger charge is -2.13. The van der Waals surface area contributed by atoms with Crippen molar-refractivity contribution in [2.45, 2.75) is 12.5 Å². The third-order valence-corrected chi connectivity index (χ3v) is 2.16. The van der Waals surface area contributed by atoms with Gasteiger partial charge in [0.15, 0.2) is 0 Å². The van der Waals surface area contributed by atoms with Crippen LogP contribution in [0, 0.1) is 5.82 Å². The molecule has 0 unspecified atom stereocenters. The first-order chi connectivity index (χ1) is 8.04. The molecule has 0 aliphatic carbocycles. The number of nitrogens with one attached hydrogen (secondary N) is 1. The van der Waals surface area contributed by atoms with Gasteiger partial charge in [0.25, 0.3) is 0 Å². The molecule has 1 amide bonds. The van der Waals surface area contributed by atoms with E-state index in [-0.39, 0.29) is 12.0 Å². The number of carbonyl (C=O) groups is 2. The number of hydrogen-bond acceptors (Lipinski definition) is 3. The van der Waals surface area contributed by atoms with Gasteiger partial charge in [0.2, 0.25) is 0 Å². The third-order valence-electron chi connectivity index (χ3n) is 2.16. The molecule has 2 N–H and O–H groups in total. The van der Waals surface area contributed by atoms with Crippen LogP contribution in [0.15, 0.2) is 24.3 Å². The van der Waals surface area contributed by atoms with E-state index in [1.165, 1.54) is 18.2 Å². The first kappa shape index (κ1) is 13.0. The smallest absolute Gasteiger partial charge is 0.407 e. The summed E-state index contributed by atoms with van der Waals surface area (Å²) in [6, 6.07) is 4.56. The van der Waals surface area contributed by atoms with E-state index in [1.54, 1.807) is 6.07 Å². The molecule has 0 saturated carbocycles. The summed E-state index contributed by atoms with van der Waals surface area (Å²) >= 11 is 0. The molecule has 0 aliphatic heterocycles. The minimum Gasteiger partial charge on any atom is -0.480 e. The van der Waals surface area contributed by atoms with Crippen molar-refractivity contribution >= 4 is 12.1 Å². The van der Waals surface area contributed by atoms with Gasteiger partial charge in [-0.15, -0.1) is 0 Å². The van der Waals surface area contributed by atoms with E-state index in [2.05, 4.69) is 10.1 Å². The molecule has 0 heterocycles. The number of benzene rings is 1. The Hall–Kier alpha value is -2.11. The van der Waals surface area contributed by atoms with Crippen molar-refractivity contribution in [2.75, 3.05) is 7.11 Å². The maximum absolute atomic E-state index is 13.3. The number of aliphatic carboxylic acids is 1. The number of carbonyl (C=O) groups excluding carboxylic acids is 1. The van der Waals surface area contributed by atoms with Crippen molar-refractivity contribution in [3.05, 3.63) is 35.6 Å². The highest BCUT2D eigenvalue weighted by atomic mass is 19.1. The summed E-state index contributed by atoms with van der Waals surface area (Å²) in [4.78, 5) is 21.8. The van der Waals surface area contributed by atoms with Crippen LogP contribution in [0.25, 0.3) is 0 Å². The van der Waals surface area contributed by atoms with Gasteiger partial charge in [-0.25, -0.2) is 14.0 Å². The van der Waals surface area contributed by atoms with Crippen molar-refractivity contribution < 1.29 is 23.8 Å². The van der Waals surface area contributed by atoms with Crippen molar-refractivity contribution in [3.8, 4) is 0 Å². The van der Waals surface area contributed by atoms with Crippen LogP contribution in [0.2, 0.25) is 0 Å². The third kappa shape index (κ3) is 3.75. The average molecular weight is 241 g/mol. The summed E-state index contributed by atoms with van der Waals surface area (Å²) < 4.78 is 17.6. The van der Waals surface area contributed by atoms with Crippen LogP contribution in [0.5, 0.6) is 0 Å².